The molecule has 0 heterocycles. The normalized spacial score (nSPS) is 12.8. The van der Waals surface area contributed by atoms with Gasteiger partial charge in [0.25, 0.3) is 0 Å². The van der Waals surface area contributed by atoms with E-state index in [9.17, 15) is 33.1 Å². The third-order valence-corrected chi connectivity index (χ3v) is 19.1. The molecule has 0 spiro atoms. The number of benzene rings is 4. The molecule has 88 heavy (non-hydrogen) atoms. The van der Waals surface area contributed by atoms with E-state index in [0.717, 1.165) is 34.8 Å². The van der Waals surface area contributed by atoms with Crippen LogP contribution in [-0.2, 0) is 42.0 Å². The van der Waals surface area contributed by atoms with Crippen molar-refractivity contribution in [3.8, 4) is 23.0 Å². The number of rotatable bonds is 43. The fraction of sp³-hybridized carbons (Fsp3) is 0.470. The monoisotopic (exact) mass is 1320 g/mol. The first-order valence-electron chi connectivity index (χ1n) is 29.3. The SMILES string of the molecule is C=C(C)C(=O)Cl.C=C(C)C(=O)OCCCOc1ccc(C(=O)CC(SCCCP(C)(=O)OCC)c2ccc(OCCCOC(=O)C(=C)C)cc2)cc1.CCOP(C)(=O)CCCSC(CC(=O)c1ccc(OCCCO)cc1)c1ccc(OCCCO)cc1. The summed E-state index contributed by atoms with van der Waals surface area (Å²) >= 11 is 8.21. The first-order valence-corrected chi connectivity index (χ1v) is 36.3. The van der Waals surface area contributed by atoms with E-state index < -0.39 is 31.9 Å². The predicted molar refractivity (Wildman–Crippen MR) is 355 cm³/mol. The number of allylic oxidation sites excluding steroid dienone is 1. The minimum absolute atomic E-state index is 0.00382. The van der Waals surface area contributed by atoms with Crippen molar-refractivity contribution in [2.75, 3.05) is 103 Å². The Morgan fingerprint density at radius 1 is 0.477 bits per heavy atom. The lowest BCUT2D eigenvalue weighted by Gasteiger charge is -2.18. The Labute approximate surface area is 534 Å². The first kappa shape index (κ1) is 78.6. The van der Waals surface area contributed by atoms with E-state index in [2.05, 4.69) is 19.7 Å². The minimum Gasteiger partial charge on any atom is -0.494 e. The maximum Gasteiger partial charge on any atom is 0.333 e. The Kier molecular flexibility index (Phi) is 40.1. The van der Waals surface area contributed by atoms with E-state index in [1.807, 2.05) is 62.4 Å². The van der Waals surface area contributed by atoms with Gasteiger partial charge in [-0.3, -0.25) is 23.5 Å². The van der Waals surface area contributed by atoms with Crippen molar-refractivity contribution in [3.63, 3.8) is 0 Å². The highest BCUT2D eigenvalue weighted by molar-refractivity contribution is 7.99. The Morgan fingerprint density at radius 3 is 1.05 bits per heavy atom. The summed E-state index contributed by atoms with van der Waals surface area (Å²) in [6.45, 7) is 25.3. The zero-order chi connectivity index (χ0) is 65.3. The maximum atomic E-state index is 13.4. The molecule has 4 aromatic rings. The lowest BCUT2D eigenvalue weighted by atomic mass is 10.0. The number of hydrogen-bond donors (Lipinski definition) is 2. The van der Waals surface area contributed by atoms with E-state index in [4.69, 9.17) is 59.3 Å². The van der Waals surface area contributed by atoms with Gasteiger partial charge in [0.2, 0.25) is 5.24 Å². The first-order chi connectivity index (χ1) is 41.9. The molecule has 0 aliphatic heterocycles. The third kappa shape index (κ3) is 35.1. The number of aliphatic hydroxyl groups is 2. The number of carbonyl (C=O) groups is 5. The van der Waals surface area contributed by atoms with Gasteiger partial charge in [-0.15, -0.1) is 0 Å². The topological polar surface area (TPSA) is 234 Å². The van der Waals surface area contributed by atoms with Crippen LogP contribution in [0.25, 0.3) is 0 Å². The number of hydrogen-bond acceptors (Lipinski definition) is 19. The number of halogens is 1. The number of carbonyl (C=O) groups excluding carboxylic acids is 5. The Bertz CT molecular complexity index is 2840. The van der Waals surface area contributed by atoms with E-state index in [-0.39, 0.29) is 54.9 Å². The number of ketones is 2. The van der Waals surface area contributed by atoms with Crippen molar-refractivity contribution in [1.29, 1.82) is 0 Å². The summed E-state index contributed by atoms with van der Waals surface area (Å²) in [6, 6.07) is 29.5. The van der Waals surface area contributed by atoms with Crippen LogP contribution in [0.5, 0.6) is 23.0 Å². The van der Waals surface area contributed by atoms with Gasteiger partial charge in [-0.05, 0) is 154 Å². The fourth-order valence-electron chi connectivity index (χ4n) is 7.56. The standard InChI is InChI=1S/C35H47O9PS.C27H39O7PS.C4H5ClO/c1-7-44-45(6,39)23-10-24-46-33(29-13-17-31(18-14-29)41-20-9-22-43-35(38)27(4)5)25-32(36)28-11-15-30(16-12-28)40-19-8-21-42-34(37)26(2)3;1-3-34-35(2,31)19-6-20-36-27(23-9-13-25(14-10-23)33-18-5-16-29)21-26(30)22-7-11-24(12-8-22)32-17-4-15-28;1-3(2)4(5)6/h11-18,33H,2,4,7-10,19-25H2,1,3,5-6H3;7-14,27-29H,3-6,15-21H2,1-2H3;1H2,2H3. The van der Waals surface area contributed by atoms with Crippen LogP contribution in [0.1, 0.15) is 128 Å². The lowest BCUT2D eigenvalue weighted by Crippen LogP contribution is -2.09. The van der Waals surface area contributed by atoms with Crippen molar-refractivity contribution in [1.82, 2.24) is 0 Å². The molecule has 22 heteroatoms. The van der Waals surface area contributed by atoms with Crippen LogP contribution in [0, 0.1) is 0 Å². The second kappa shape index (κ2) is 44.9. The highest BCUT2D eigenvalue weighted by atomic mass is 35.5. The molecule has 0 aromatic heterocycles. The van der Waals surface area contributed by atoms with Crippen LogP contribution >= 0.6 is 49.9 Å². The molecule has 486 valence electrons. The third-order valence-electron chi connectivity index (χ3n) is 12.2. The van der Waals surface area contributed by atoms with Crippen molar-refractivity contribution in [2.24, 2.45) is 0 Å². The lowest BCUT2D eigenvalue weighted by molar-refractivity contribution is -0.140. The van der Waals surface area contributed by atoms with Gasteiger partial charge in [0.1, 0.15) is 23.0 Å². The van der Waals surface area contributed by atoms with Crippen LogP contribution in [0.3, 0.4) is 0 Å². The second-order valence-corrected chi connectivity index (χ2v) is 28.8. The molecule has 0 bridgehead atoms. The van der Waals surface area contributed by atoms with E-state index >= 15 is 0 Å². The summed E-state index contributed by atoms with van der Waals surface area (Å²) < 4.78 is 68.6. The quantitative estimate of drug-likeness (QED) is 0.0105. The zero-order valence-electron chi connectivity index (χ0n) is 52.2. The molecule has 0 aliphatic carbocycles. The van der Waals surface area contributed by atoms with Crippen molar-refractivity contribution in [2.45, 2.75) is 96.5 Å². The van der Waals surface area contributed by atoms with Gasteiger partial charge in [-0.25, -0.2) is 9.59 Å². The summed E-state index contributed by atoms with van der Waals surface area (Å²) in [5.41, 5.74) is 4.31. The van der Waals surface area contributed by atoms with Crippen LogP contribution in [-0.4, -0.2) is 142 Å². The molecule has 4 unspecified atom stereocenters. The Morgan fingerprint density at radius 2 is 0.773 bits per heavy atom. The smallest absolute Gasteiger partial charge is 0.333 e. The highest BCUT2D eigenvalue weighted by Gasteiger charge is 2.22. The Balaban J connectivity index is 0.000000561. The van der Waals surface area contributed by atoms with Gasteiger partial charge in [-0.1, -0.05) is 44.0 Å². The van der Waals surface area contributed by atoms with Gasteiger partial charge >= 0.3 is 11.9 Å². The highest BCUT2D eigenvalue weighted by Crippen LogP contribution is 2.45. The number of esters is 2. The molecule has 4 atom stereocenters. The van der Waals surface area contributed by atoms with Gasteiger partial charge in [0.05, 0.1) is 52.9 Å². The van der Waals surface area contributed by atoms with Gasteiger partial charge in [0.15, 0.2) is 26.3 Å². The summed E-state index contributed by atoms with van der Waals surface area (Å²) in [4.78, 5) is 59.2. The summed E-state index contributed by atoms with van der Waals surface area (Å²) in [5, 5.41) is 17.2. The van der Waals surface area contributed by atoms with Crippen LogP contribution < -0.4 is 18.9 Å². The molecule has 0 radical (unpaired) electrons. The predicted octanol–water partition coefficient (Wildman–Crippen LogP) is 14.8. The van der Waals surface area contributed by atoms with Crippen molar-refractivity contribution in [3.05, 3.63) is 156 Å². The molecular formula is C66H91ClO17P2S2. The number of ether oxygens (including phenoxy) is 6. The van der Waals surface area contributed by atoms with Crippen molar-refractivity contribution >= 4 is 78.6 Å². The summed E-state index contributed by atoms with van der Waals surface area (Å²) in [7, 11) is -5.20. The van der Waals surface area contributed by atoms with Gasteiger partial charge in [-0.2, -0.15) is 23.5 Å². The van der Waals surface area contributed by atoms with E-state index in [1.54, 1.807) is 106 Å². The molecule has 2 N–H and O–H groups in total. The zero-order valence-corrected chi connectivity index (χ0v) is 56.4. The number of thioether (sulfide) groups is 2. The summed E-state index contributed by atoms with van der Waals surface area (Å²) in [6.07, 6.45) is 5.27. The van der Waals surface area contributed by atoms with Gasteiger partial charge in [0, 0.05) is 116 Å². The summed E-state index contributed by atoms with van der Waals surface area (Å²) in [5.74, 6) is 3.37. The average molecular weight is 1320 g/mol. The average Bonchev–Trinajstić information content (AvgIpc) is 3.69. The van der Waals surface area contributed by atoms with E-state index in [1.165, 1.54) is 0 Å². The van der Waals surface area contributed by atoms with Crippen LogP contribution in [0.4, 0.5) is 0 Å². The van der Waals surface area contributed by atoms with Gasteiger partial charge < -0.3 is 47.7 Å². The molecular weight excluding hydrogens is 1230 g/mol. The molecule has 4 aromatic carbocycles. The molecule has 0 saturated carbocycles. The number of Topliss-reactive ketones (excluding diaryl/α,β-unsaturated/α-hetero) is 2. The maximum absolute atomic E-state index is 13.4. The molecule has 0 aliphatic rings. The second-order valence-electron chi connectivity index (χ2n) is 20.3. The minimum atomic E-state index is -2.62. The molecule has 4 rings (SSSR count). The fourth-order valence-corrected chi connectivity index (χ4v) is 13.2. The van der Waals surface area contributed by atoms with Crippen molar-refractivity contribution < 1.29 is 80.8 Å². The van der Waals surface area contributed by atoms with Crippen LogP contribution in [0.2, 0.25) is 0 Å². The largest absolute Gasteiger partial charge is 0.494 e. The number of aliphatic hydroxyl groups excluding tert-OH is 2. The molecule has 0 amide bonds. The molecule has 0 fully saturated rings. The Hall–Kier alpha value is -5.46. The molecule has 17 nitrogen and oxygen atoms in total. The van der Waals surface area contributed by atoms with E-state index in [0.29, 0.717) is 136 Å². The van der Waals surface area contributed by atoms with Crippen LogP contribution in [0.15, 0.2) is 134 Å². The molecule has 0 saturated heterocycles.